The molecule has 10 heavy (non-hydrogen) atoms. The number of carbonyl (C=O) groups excluding carboxylic acids is 1. The molecule has 0 radical (unpaired) electrons. The molecule has 4 nitrogen and oxygen atoms in total. The Bertz CT molecular complexity index is 121. The highest BCUT2D eigenvalue weighted by atomic mass is 31.0. The summed E-state index contributed by atoms with van der Waals surface area (Å²) in [5.74, 6) is -0.500. The zero-order chi connectivity index (χ0) is 8.15. The van der Waals surface area contributed by atoms with E-state index in [1.807, 2.05) is 18.9 Å². The van der Waals surface area contributed by atoms with Gasteiger partial charge in [0, 0.05) is 9.47 Å². The first kappa shape index (κ1) is 10.2. The summed E-state index contributed by atoms with van der Waals surface area (Å²) in [6.45, 7) is 1.68. The number of nitrogens with two attached hydrogens (primary N) is 1. The van der Waals surface area contributed by atoms with Gasteiger partial charge >= 0.3 is 5.97 Å². The van der Waals surface area contributed by atoms with Gasteiger partial charge in [-0.2, -0.15) is 0 Å². The van der Waals surface area contributed by atoms with Gasteiger partial charge in [0.1, 0.15) is 6.04 Å². The summed E-state index contributed by atoms with van der Waals surface area (Å²) in [6.07, 6.45) is -0.349. The minimum Gasteiger partial charge on any atom is -0.450 e. The van der Waals surface area contributed by atoms with Crippen molar-refractivity contribution < 1.29 is 13.8 Å². The molecule has 0 aromatic heterocycles. The monoisotopic (exact) mass is 183 g/mol. The Morgan fingerprint density at radius 3 is 2.40 bits per heavy atom. The first-order chi connectivity index (χ1) is 4.63. The predicted molar refractivity (Wildman–Crippen MR) is 44.0 cm³/mol. The Kier molecular flexibility index (Phi) is 5.10. The van der Waals surface area contributed by atoms with Crippen molar-refractivity contribution in [2.75, 3.05) is 0 Å². The zero-order valence-corrected chi connectivity index (χ0v) is 7.92. The fraction of sp³-hybridized carbons (Fsp3) is 0.750. The Morgan fingerprint density at radius 1 is 1.60 bits per heavy atom. The van der Waals surface area contributed by atoms with Crippen LogP contribution in [0.5, 0.6) is 0 Å². The molecule has 4 atom stereocenters. The molecule has 0 saturated carbocycles. The van der Waals surface area contributed by atoms with Crippen LogP contribution in [0.2, 0.25) is 0 Å². The smallest absolute Gasteiger partial charge is 0.327 e. The molecule has 0 aliphatic heterocycles. The Hall–Kier alpha value is 0.250. The van der Waals surface area contributed by atoms with Crippen molar-refractivity contribution in [2.24, 2.45) is 5.73 Å². The summed E-state index contributed by atoms with van der Waals surface area (Å²) in [7, 11) is 3.87. The molecular weight excluding hydrogens is 172 g/mol. The van der Waals surface area contributed by atoms with Crippen molar-refractivity contribution in [3.63, 3.8) is 0 Å². The molecule has 0 bridgehead atoms. The Morgan fingerprint density at radius 2 is 2.10 bits per heavy atom. The average Bonchev–Trinajstić information content (AvgIpc) is 2.00. The van der Waals surface area contributed by atoms with E-state index < -0.39 is 12.0 Å². The maximum Gasteiger partial charge on any atom is 0.327 e. The molecule has 0 rings (SSSR count). The SMILES string of the molecule is C[C@@H](OP)[C@H](N)C(=O)OP. The Labute approximate surface area is 64.4 Å². The molecule has 60 valence electrons. The van der Waals surface area contributed by atoms with Crippen LogP contribution in [0, 0.1) is 0 Å². The van der Waals surface area contributed by atoms with E-state index in [1.54, 1.807) is 6.92 Å². The highest BCUT2D eigenvalue weighted by molar-refractivity contribution is 7.10. The molecule has 0 aromatic rings. The third kappa shape index (κ3) is 2.89. The second-order valence-electron chi connectivity index (χ2n) is 1.80. The van der Waals surface area contributed by atoms with Gasteiger partial charge in [-0.3, -0.25) is 4.79 Å². The lowest BCUT2D eigenvalue weighted by Gasteiger charge is -2.14. The summed E-state index contributed by atoms with van der Waals surface area (Å²) in [6, 6.07) is -0.727. The van der Waals surface area contributed by atoms with Gasteiger partial charge in [-0.25, -0.2) is 0 Å². The van der Waals surface area contributed by atoms with Crippen LogP contribution in [-0.2, 0) is 13.8 Å². The molecule has 0 aromatic carbocycles. The first-order valence-electron chi connectivity index (χ1n) is 2.65. The molecule has 0 aliphatic rings. The van der Waals surface area contributed by atoms with E-state index in [4.69, 9.17) is 10.3 Å². The van der Waals surface area contributed by atoms with Crippen molar-refractivity contribution >= 4 is 24.9 Å². The van der Waals surface area contributed by atoms with E-state index in [0.717, 1.165) is 0 Å². The van der Waals surface area contributed by atoms with Crippen molar-refractivity contribution in [1.82, 2.24) is 0 Å². The highest BCUT2D eigenvalue weighted by Gasteiger charge is 2.20. The van der Waals surface area contributed by atoms with Crippen LogP contribution < -0.4 is 5.73 Å². The van der Waals surface area contributed by atoms with Crippen molar-refractivity contribution in [3.05, 3.63) is 0 Å². The number of hydrogen-bond acceptors (Lipinski definition) is 4. The van der Waals surface area contributed by atoms with Gasteiger partial charge in [0.2, 0.25) is 0 Å². The molecule has 6 heteroatoms. The summed E-state index contributed by atoms with van der Waals surface area (Å²) in [5, 5.41) is 0. The zero-order valence-electron chi connectivity index (χ0n) is 5.61. The third-order valence-electron chi connectivity index (χ3n) is 1.11. The van der Waals surface area contributed by atoms with E-state index >= 15 is 0 Å². The average molecular weight is 183 g/mol. The van der Waals surface area contributed by atoms with Crippen LogP contribution in [0.3, 0.4) is 0 Å². The second-order valence-corrected chi connectivity index (χ2v) is 2.31. The largest absolute Gasteiger partial charge is 0.450 e. The van der Waals surface area contributed by atoms with Gasteiger partial charge in [-0.1, -0.05) is 0 Å². The summed E-state index contributed by atoms with van der Waals surface area (Å²) < 4.78 is 9.01. The molecule has 0 heterocycles. The minimum absolute atomic E-state index is 0.349. The normalized spacial score (nSPS) is 16.0. The molecule has 0 saturated heterocycles. The highest BCUT2D eigenvalue weighted by Crippen LogP contribution is 2.03. The molecule has 0 spiro atoms. The Balaban J connectivity index is 3.81. The van der Waals surface area contributed by atoms with Gasteiger partial charge in [0.15, 0.2) is 0 Å². The van der Waals surface area contributed by atoms with Gasteiger partial charge in [0.05, 0.1) is 15.6 Å². The molecule has 0 fully saturated rings. The summed E-state index contributed by atoms with van der Waals surface area (Å²) >= 11 is 0. The molecule has 0 amide bonds. The molecule has 0 aliphatic carbocycles. The van der Waals surface area contributed by atoms with Crippen LogP contribution in [-0.4, -0.2) is 18.1 Å². The summed E-state index contributed by atoms with van der Waals surface area (Å²) in [5.41, 5.74) is 5.36. The van der Waals surface area contributed by atoms with Crippen LogP contribution >= 0.6 is 18.9 Å². The maximum absolute atomic E-state index is 10.7. The topological polar surface area (TPSA) is 61.5 Å². The van der Waals surface area contributed by atoms with Crippen LogP contribution in [0.15, 0.2) is 0 Å². The van der Waals surface area contributed by atoms with E-state index in [-0.39, 0.29) is 6.10 Å². The first-order valence-corrected chi connectivity index (χ1v) is 3.59. The third-order valence-corrected chi connectivity index (χ3v) is 1.77. The van der Waals surface area contributed by atoms with Crippen LogP contribution in [0.25, 0.3) is 0 Å². The standard InChI is InChI=1S/C4H11NO3P2/c1-2(7-9)3(5)4(6)8-10/h2-3H,5,9-10H2,1H3/t2-,3+/m1/s1. The number of rotatable bonds is 3. The second kappa shape index (κ2) is 4.97. The lowest BCUT2D eigenvalue weighted by Crippen LogP contribution is -2.40. The van der Waals surface area contributed by atoms with E-state index in [1.165, 1.54) is 0 Å². The lowest BCUT2D eigenvalue weighted by molar-refractivity contribution is -0.136. The van der Waals surface area contributed by atoms with Crippen molar-refractivity contribution in [1.29, 1.82) is 0 Å². The van der Waals surface area contributed by atoms with Gasteiger partial charge in [-0.05, 0) is 6.92 Å². The van der Waals surface area contributed by atoms with Crippen molar-refractivity contribution in [2.45, 2.75) is 19.1 Å². The minimum atomic E-state index is -0.727. The maximum atomic E-state index is 10.7. The molecular formula is C4H11NO3P2. The van der Waals surface area contributed by atoms with E-state index in [2.05, 4.69) is 4.52 Å². The quantitative estimate of drug-likeness (QED) is 0.617. The summed E-state index contributed by atoms with van der Waals surface area (Å²) in [4.78, 5) is 10.7. The number of hydrogen-bond donors (Lipinski definition) is 1. The fourth-order valence-electron chi connectivity index (χ4n) is 0.355. The lowest BCUT2D eigenvalue weighted by atomic mass is 10.2. The van der Waals surface area contributed by atoms with Crippen LogP contribution in [0.4, 0.5) is 0 Å². The molecule has 2 unspecified atom stereocenters. The fourth-order valence-corrected chi connectivity index (χ4v) is 0.681. The van der Waals surface area contributed by atoms with Gasteiger partial charge < -0.3 is 14.8 Å². The van der Waals surface area contributed by atoms with Gasteiger partial charge in [-0.15, -0.1) is 0 Å². The van der Waals surface area contributed by atoms with Gasteiger partial charge in [0.25, 0.3) is 0 Å². The predicted octanol–water partition coefficient (Wildman–Crippen LogP) is -0.158. The molecule has 2 N–H and O–H groups in total. The van der Waals surface area contributed by atoms with Crippen molar-refractivity contribution in [3.8, 4) is 0 Å². The van der Waals surface area contributed by atoms with E-state index in [0.29, 0.717) is 0 Å². The van der Waals surface area contributed by atoms with Crippen LogP contribution in [0.1, 0.15) is 6.92 Å². The number of carbonyl (C=O) groups is 1. The van der Waals surface area contributed by atoms with E-state index in [9.17, 15) is 4.79 Å².